The topological polar surface area (TPSA) is 69.7 Å². The fourth-order valence-electron chi connectivity index (χ4n) is 4.73. The maximum absolute atomic E-state index is 13.3. The SMILES string of the molecule is Cc1ccc(S(=O)(=O)NC2CCN(c3ccccc3C(=O)N3CCCCC3C)CC2)cc1. The maximum atomic E-state index is 13.3. The van der Waals surface area contributed by atoms with Crippen LogP contribution in [-0.2, 0) is 10.0 Å². The minimum atomic E-state index is -3.53. The lowest BCUT2D eigenvalue weighted by molar-refractivity contribution is 0.0636. The van der Waals surface area contributed by atoms with Crippen LogP contribution in [0.1, 0.15) is 54.9 Å². The van der Waals surface area contributed by atoms with Gasteiger partial charge in [0.25, 0.3) is 5.91 Å². The highest BCUT2D eigenvalue weighted by Crippen LogP contribution is 2.28. The number of sulfonamides is 1. The van der Waals surface area contributed by atoms with Crippen LogP contribution >= 0.6 is 0 Å². The van der Waals surface area contributed by atoms with E-state index in [1.807, 2.05) is 48.2 Å². The number of nitrogens with one attached hydrogen (secondary N) is 1. The monoisotopic (exact) mass is 455 g/mol. The molecule has 2 heterocycles. The molecule has 2 aromatic carbocycles. The molecule has 2 fully saturated rings. The van der Waals surface area contributed by atoms with Crippen molar-refractivity contribution in [1.29, 1.82) is 0 Å². The molecule has 0 aromatic heterocycles. The Balaban J connectivity index is 1.42. The first-order chi connectivity index (χ1) is 15.3. The lowest BCUT2D eigenvalue weighted by Crippen LogP contribution is -2.46. The number of nitrogens with zero attached hydrogens (tertiary/aromatic N) is 2. The molecule has 6 nitrogen and oxygen atoms in total. The number of piperidine rings is 2. The van der Waals surface area contributed by atoms with Gasteiger partial charge < -0.3 is 9.80 Å². The molecular weight excluding hydrogens is 422 g/mol. The fourth-order valence-corrected chi connectivity index (χ4v) is 6.03. The number of hydrogen-bond acceptors (Lipinski definition) is 4. The Morgan fingerprint density at radius 2 is 1.62 bits per heavy atom. The van der Waals surface area contributed by atoms with Crippen molar-refractivity contribution >= 4 is 21.6 Å². The molecule has 32 heavy (non-hydrogen) atoms. The first kappa shape index (κ1) is 22.8. The van der Waals surface area contributed by atoms with E-state index in [0.717, 1.165) is 36.2 Å². The third-order valence-corrected chi connectivity index (χ3v) is 8.22. The van der Waals surface area contributed by atoms with Crippen LogP contribution in [0.15, 0.2) is 53.4 Å². The van der Waals surface area contributed by atoms with Gasteiger partial charge in [0.05, 0.1) is 10.5 Å². The predicted molar refractivity (Wildman–Crippen MR) is 128 cm³/mol. The summed E-state index contributed by atoms with van der Waals surface area (Å²) in [6.07, 6.45) is 4.70. The molecule has 1 N–H and O–H groups in total. The number of aryl methyl sites for hydroxylation is 1. The minimum Gasteiger partial charge on any atom is -0.371 e. The number of rotatable bonds is 5. The fraction of sp³-hybridized carbons (Fsp3) is 0.480. The smallest absolute Gasteiger partial charge is 0.256 e. The second kappa shape index (κ2) is 9.63. The highest BCUT2D eigenvalue weighted by Gasteiger charge is 2.29. The zero-order valence-corrected chi connectivity index (χ0v) is 19.8. The van der Waals surface area contributed by atoms with Crippen LogP contribution in [-0.4, -0.2) is 50.9 Å². The number of para-hydroxylation sites is 1. The molecule has 1 unspecified atom stereocenters. The van der Waals surface area contributed by atoms with E-state index in [0.29, 0.717) is 30.8 Å². The zero-order chi connectivity index (χ0) is 22.7. The number of amides is 1. The Morgan fingerprint density at radius 1 is 0.938 bits per heavy atom. The van der Waals surface area contributed by atoms with Gasteiger partial charge in [-0.15, -0.1) is 0 Å². The van der Waals surface area contributed by atoms with Crippen LogP contribution in [0, 0.1) is 6.92 Å². The van der Waals surface area contributed by atoms with Gasteiger partial charge in [0.1, 0.15) is 0 Å². The first-order valence-corrected chi connectivity index (χ1v) is 13.1. The minimum absolute atomic E-state index is 0.106. The van der Waals surface area contributed by atoms with E-state index in [4.69, 9.17) is 0 Å². The van der Waals surface area contributed by atoms with Crippen LogP contribution in [0.25, 0.3) is 0 Å². The van der Waals surface area contributed by atoms with Crippen molar-refractivity contribution in [2.24, 2.45) is 0 Å². The van der Waals surface area contributed by atoms with Crippen molar-refractivity contribution in [2.75, 3.05) is 24.5 Å². The van der Waals surface area contributed by atoms with Crippen molar-refractivity contribution in [3.63, 3.8) is 0 Å². The molecule has 7 heteroatoms. The third kappa shape index (κ3) is 4.99. The largest absolute Gasteiger partial charge is 0.371 e. The average Bonchev–Trinajstić information content (AvgIpc) is 2.79. The Morgan fingerprint density at radius 3 is 2.31 bits per heavy atom. The Kier molecular flexibility index (Phi) is 6.86. The van der Waals surface area contributed by atoms with Crippen molar-refractivity contribution in [2.45, 2.75) is 62.9 Å². The van der Waals surface area contributed by atoms with E-state index in [2.05, 4.69) is 16.5 Å². The molecule has 172 valence electrons. The molecule has 0 radical (unpaired) electrons. The number of hydrogen-bond donors (Lipinski definition) is 1. The second-order valence-electron chi connectivity index (χ2n) is 9.06. The Labute approximate surface area is 191 Å². The molecular formula is C25H33N3O3S. The molecule has 2 saturated heterocycles. The van der Waals surface area contributed by atoms with Crippen LogP contribution in [0.4, 0.5) is 5.69 Å². The normalized spacial score (nSPS) is 20.4. The maximum Gasteiger partial charge on any atom is 0.256 e. The summed E-state index contributed by atoms with van der Waals surface area (Å²) in [7, 11) is -3.53. The van der Waals surface area contributed by atoms with Crippen LogP contribution < -0.4 is 9.62 Å². The summed E-state index contributed by atoms with van der Waals surface area (Å²) in [6, 6.07) is 14.9. The summed E-state index contributed by atoms with van der Waals surface area (Å²) in [6.45, 7) is 6.30. The van der Waals surface area contributed by atoms with E-state index < -0.39 is 10.0 Å². The van der Waals surface area contributed by atoms with Gasteiger partial charge in [-0.2, -0.15) is 0 Å². The lowest BCUT2D eigenvalue weighted by Gasteiger charge is -2.37. The first-order valence-electron chi connectivity index (χ1n) is 11.6. The van der Waals surface area contributed by atoms with Crippen LogP contribution in [0.3, 0.4) is 0 Å². The van der Waals surface area contributed by atoms with Gasteiger partial charge in [0, 0.05) is 37.4 Å². The molecule has 4 rings (SSSR count). The predicted octanol–water partition coefficient (Wildman–Crippen LogP) is 3.96. The van der Waals surface area contributed by atoms with Crippen LogP contribution in [0.5, 0.6) is 0 Å². The molecule has 0 spiro atoms. The Hall–Kier alpha value is -2.38. The Bertz CT molecular complexity index is 1040. The third-order valence-electron chi connectivity index (χ3n) is 6.69. The van der Waals surface area contributed by atoms with Crippen molar-refractivity contribution in [1.82, 2.24) is 9.62 Å². The van der Waals surface area contributed by atoms with Gasteiger partial charge in [0.15, 0.2) is 0 Å². The van der Waals surface area contributed by atoms with Crippen molar-refractivity contribution < 1.29 is 13.2 Å². The van der Waals surface area contributed by atoms with Crippen molar-refractivity contribution in [3.05, 3.63) is 59.7 Å². The van der Waals surface area contributed by atoms with E-state index >= 15 is 0 Å². The van der Waals surface area contributed by atoms with Gasteiger partial charge in [-0.05, 0) is 70.2 Å². The van der Waals surface area contributed by atoms with Crippen LogP contribution in [0.2, 0.25) is 0 Å². The molecule has 2 aliphatic rings. The van der Waals surface area contributed by atoms with Gasteiger partial charge in [-0.25, -0.2) is 13.1 Å². The van der Waals surface area contributed by atoms with Gasteiger partial charge >= 0.3 is 0 Å². The molecule has 0 bridgehead atoms. The molecule has 2 aliphatic heterocycles. The molecule has 1 amide bonds. The number of likely N-dealkylation sites (tertiary alicyclic amines) is 1. The standard InChI is InChI=1S/C25H33N3O3S/c1-19-10-12-22(13-11-19)32(30,31)26-21-14-17-27(18-15-21)24-9-4-3-8-23(24)25(29)28-16-6-5-7-20(28)2/h3-4,8-13,20-21,26H,5-7,14-18H2,1-2H3. The second-order valence-corrected chi connectivity index (χ2v) is 10.8. The molecule has 0 saturated carbocycles. The summed E-state index contributed by atoms with van der Waals surface area (Å²) in [4.78, 5) is 17.8. The molecule has 0 aliphatic carbocycles. The average molecular weight is 456 g/mol. The summed E-state index contributed by atoms with van der Waals surface area (Å²) in [5.41, 5.74) is 2.74. The number of carbonyl (C=O) groups is 1. The van der Waals surface area contributed by atoms with Gasteiger partial charge in [-0.3, -0.25) is 4.79 Å². The summed E-state index contributed by atoms with van der Waals surface area (Å²) >= 11 is 0. The number of carbonyl (C=O) groups excluding carboxylic acids is 1. The lowest BCUT2D eigenvalue weighted by atomic mass is 10.00. The van der Waals surface area contributed by atoms with E-state index in [1.165, 1.54) is 6.42 Å². The molecule has 1 atom stereocenters. The van der Waals surface area contributed by atoms with E-state index in [1.54, 1.807) is 12.1 Å². The van der Waals surface area contributed by atoms with Gasteiger partial charge in [-0.1, -0.05) is 29.8 Å². The summed E-state index contributed by atoms with van der Waals surface area (Å²) in [5.74, 6) is 0.106. The number of benzene rings is 2. The quantitative estimate of drug-likeness (QED) is 0.741. The summed E-state index contributed by atoms with van der Waals surface area (Å²) < 4.78 is 28.3. The highest BCUT2D eigenvalue weighted by molar-refractivity contribution is 7.89. The highest BCUT2D eigenvalue weighted by atomic mass is 32.2. The summed E-state index contributed by atoms with van der Waals surface area (Å²) in [5, 5.41) is 0. The zero-order valence-electron chi connectivity index (χ0n) is 19.0. The van der Waals surface area contributed by atoms with E-state index in [9.17, 15) is 13.2 Å². The van der Waals surface area contributed by atoms with Gasteiger partial charge in [0.2, 0.25) is 10.0 Å². The molecule has 2 aromatic rings. The van der Waals surface area contributed by atoms with Crippen molar-refractivity contribution in [3.8, 4) is 0 Å². The number of anilines is 1. The van der Waals surface area contributed by atoms with E-state index in [-0.39, 0.29) is 18.0 Å².